The van der Waals surface area contributed by atoms with Crippen molar-refractivity contribution in [2.24, 2.45) is 0 Å². The van der Waals surface area contributed by atoms with Crippen LogP contribution in [0, 0.1) is 20.8 Å². The molecule has 0 heterocycles. The van der Waals surface area contributed by atoms with Gasteiger partial charge in [-0.3, -0.25) is 0 Å². The zero-order valence-corrected chi connectivity index (χ0v) is 9.62. The molecule has 88 valence electrons. The van der Waals surface area contributed by atoms with Crippen molar-refractivity contribution in [1.82, 2.24) is 0 Å². The Kier molecular flexibility index (Phi) is 3.27. The number of carbonyl (C=O) groups is 1. The van der Waals surface area contributed by atoms with E-state index >= 15 is 0 Å². The van der Waals surface area contributed by atoms with Gasteiger partial charge in [0.2, 0.25) is 5.75 Å². The maximum absolute atomic E-state index is 10.5. The number of phenolic OH excluding ortho intramolecular Hbond substituents is 1. The fraction of sp³-hybridized carbons (Fsp3) is 0.364. The highest BCUT2D eigenvalue weighted by Crippen LogP contribution is 2.43. The molecule has 0 aliphatic rings. The average Bonchev–Trinajstić information content (AvgIpc) is 2.23. The molecule has 0 amide bonds. The molecule has 16 heavy (non-hydrogen) atoms. The number of carboxylic acid groups (broad SMARTS) is 1. The molecule has 1 aromatic carbocycles. The highest BCUT2D eigenvalue weighted by atomic mass is 16.7. The molecule has 0 saturated carbocycles. The topological polar surface area (TPSA) is 76.0 Å². The minimum absolute atomic E-state index is 0.157. The fourth-order valence-electron chi connectivity index (χ4n) is 1.51. The molecule has 0 aliphatic heterocycles. The predicted molar refractivity (Wildman–Crippen MR) is 57.5 cm³/mol. The van der Waals surface area contributed by atoms with E-state index in [4.69, 9.17) is 9.84 Å². The summed E-state index contributed by atoms with van der Waals surface area (Å²) in [5, 5.41) is 18.4. The summed E-state index contributed by atoms with van der Waals surface area (Å²) in [7, 11) is 1.39. The molecule has 0 aliphatic carbocycles. The molecule has 2 N–H and O–H groups in total. The SMILES string of the molecule is COc1c(C)c(C)c(C)c(O)c1OC(=O)O. The molecule has 0 aromatic heterocycles. The second-order valence-corrected chi connectivity index (χ2v) is 3.45. The van der Waals surface area contributed by atoms with E-state index in [0.29, 0.717) is 5.56 Å². The van der Waals surface area contributed by atoms with Crippen molar-refractivity contribution < 1.29 is 24.5 Å². The minimum Gasteiger partial charge on any atom is -0.504 e. The Morgan fingerprint density at radius 3 is 2.06 bits per heavy atom. The number of aromatic hydroxyl groups is 1. The molecule has 1 rings (SSSR count). The normalized spacial score (nSPS) is 10.0. The summed E-state index contributed by atoms with van der Waals surface area (Å²) >= 11 is 0. The number of rotatable bonds is 2. The van der Waals surface area contributed by atoms with Crippen LogP contribution in [0.25, 0.3) is 0 Å². The summed E-state index contributed by atoms with van der Waals surface area (Å²) in [5.74, 6) is -0.124. The smallest absolute Gasteiger partial charge is 0.504 e. The van der Waals surface area contributed by atoms with Gasteiger partial charge in [-0.05, 0) is 37.5 Å². The van der Waals surface area contributed by atoms with Crippen molar-refractivity contribution in [3.05, 3.63) is 16.7 Å². The van der Waals surface area contributed by atoms with Crippen LogP contribution in [0.4, 0.5) is 4.79 Å². The third-order valence-electron chi connectivity index (χ3n) is 2.64. The first kappa shape index (κ1) is 12.2. The van der Waals surface area contributed by atoms with E-state index in [1.54, 1.807) is 13.8 Å². The van der Waals surface area contributed by atoms with Crippen LogP contribution in [-0.2, 0) is 0 Å². The summed E-state index contributed by atoms with van der Waals surface area (Å²) < 4.78 is 9.57. The lowest BCUT2D eigenvalue weighted by Gasteiger charge is -2.16. The van der Waals surface area contributed by atoms with Crippen LogP contribution in [0.1, 0.15) is 16.7 Å². The minimum atomic E-state index is -1.49. The van der Waals surface area contributed by atoms with Gasteiger partial charge in [0.1, 0.15) is 0 Å². The first-order valence-corrected chi connectivity index (χ1v) is 4.67. The molecule has 5 nitrogen and oxygen atoms in total. The van der Waals surface area contributed by atoms with E-state index in [1.807, 2.05) is 6.92 Å². The van der Waals surface area contributed by atoms with Crippen molar-refractivity contribution in [2.45, 2.75) is 20.8 Å². The molecule has 0 spiro atoms. The van der Waals surface area contributed by atoms with Crippen LogP contribution < -0.4 is 9.47 Å². The summed E-state index contributed by atoms with van der Waals surface area (Å²) in [6.45, 7) is 5.28. The van der Waals surface area contributed by atoms with Gasteiger partial charge >= 0.3 is 6.16 Å². The number of benzene rings is 1. The lowest BCUT2D eigenvalue weighted by molar-refractivity contribution is 0.141. The zero-order chi connectivity index (χ0) is 12.5. The van der Waals surface area contributed by atoms with Crippen molar-refractivity contribution in [3.63, 3.8) is 0 Å². The van der Waals surface area contributed by atoms with Gasteiger partial charge in [0.25, 0.3) is 0 Å². The zero-order valence-electron chi connectivity index (χ0n) is 9.62. The lowest BCUT2D eigenvalue weighted by Crippen LogP contribution is -2.07. The molecule has 0 saturated heterocycles. The van der Waals surface area contributed by atoms with E-state index in [0.717, 1.165) is 11.1 Å². The van der Waals surface area contributed by atoms with E-state index in [1.165, 1.54) is 7.11 Å². The number of methoxy groups -OCH3 is 1. The lowest BCUT2D eigenvalue weighted by atomic mass is 10.0. The van der Waals surface area contributed by atoms with E-state index in [2.05, 4.69) is 4.74 Å². The molecule has 0 fully saturated rings. The third kappa shape index (κ3) is 1.88. The predicted octanol–water partition coefficient (Wildman–Crippen LogP) is 2.38. The van der Waals surface area contributed by atoms with E-state index in [9.17, 15) is 9.90 Å². The maximum Gasteiger partial charge on any atom is 0.511 e. The summed E-state index contributed by atoms with van der Waals surface area (Å²) in [6.07, 6.45) is -1.49. The van der Waals surface area contributed by atoms with E-state index < -0.39 is 6.16 Å². The second-order valence-electron chi connectivity index (χ2n) is 3.45. The Labute approximate surface area is 93.2 Å². The Bertz CT molecular complexity index is 437. The molecule has 0 bridgehead atoms. The first-order chi connectivity index (χ1) is 7.40. The summed E-state index contributed by atoms with van der Waals surface area (Å²) in [6, 6.07) is 0. The van der Waals surface area contributed by atoms with Gasteiger partial charge in [-0.1, -0.05) is 0 Å². The van der Waals surface area contributed by atoms with E-state index in [-0.39, 0.29) is 17.2 Å². The Morgan fingerprint density at radius 1 is 1.06 bits per heavy atom. The quantitative estimate of drug-likeness (QED) is 0.598. The number of ether oxygens (including phenoxy) is 2. The van der Waals surface area contributed by atoms with Crippen LogP contribution in [0.2, 0.25) is 0 Å². The van der Waals surface area contributed by atoms with Crippen molar-refractivity contribution in [1.29, 1.82) is 0 Å². The van der Waals surface area contributed by atoms with Crippen LogP contribution in [0.3, 0.4) is 0 Å². The van der Waals surface area contributed by atoms with Crippen LogP contribution >= 0.6 is 0 Å². The van der Waals surface area contributed by atoms with Crippen molar-refractivity contribution in [2.75, 3.05) is 7.11 Å². The Morgan fingerprint density at radius 2 is 1.62 bits per heavy atom. The monoisotopic (exact) mass is 226 g/mol. The fourth-order valence-corrected chi connectivity index (χ4v) is 1.51. The molecule has 5 heteroatoms. The summed E-state index contributed by atoms with van der Waals surface area (Å²) in [4.78, 5) is 10.5. The Balaban J connectivity index is 3.50. The molecule has 0 radical (unpaired) electrons. The molecular formula is C11H14O5. The second kappa shape index (κ2) is 4.30. The van der Waals surface area contributed by atoms with Gasteiger partial charge < -0.3 is 19.7 Å². The number of hydrogen-bond acceptors (Lipinski definition) is 4. The number of phenols is 1. The first-order valence-electron chi connectivity index (χ1n) is 4.67. The molecule has 0 atom stereocenters. The molecule has 1 aromatic rings. The van der Waals surface area contributed by atoms with Gasteiger partial charge in [0.15, 0.2) is 11.5 Å². The van der Waals surface area contributed by atoms with Crippen LogP contribution in [0.15, 0.2) is 0 Å². The standard InChI is InChI=1S/C11H14O5/c1-5-6(2)8(12)10(16-11(13)14)9(15-4)7(5)3/h12H,1-4H3,(H,13,14). The van der Waals surface area contributed by atoms with Gasteiger partial charge in [-0.15, -0.1) is 0 Å². The summed E-state index contributed by atoms with van der Waals surface area (Å²) in [5.41, 5.74) is 2.16. The van der Waals surface area contributed by atoms with Gasteiger partial charge in [0.05, 0.1) is 7.11 Å². The van der Waals surface area contributed by atoms with Crippen LogP contribution in [-0.4, -0.2) is 23.5 Å². The van der Waals surface area contributed by atoms with Crippen molar-refractivity contribution >= 4 is 6.16 Å². The molecular weight excluding hydrogens is 212 g/mol. The molecule has 0 unspecified atom stereocenters. The third-order valence-corrected chi connectivity index (χ3v) is 2.64. The maximum atomic E-state index is 10.5. The average molecular weight is 226 g/mol. The largest absolute Gasteiger partial charge is 0.511 e. The van der Waals surface area contributed by atoms with Gasteiger partial charge in [-0.2, -0.15) is 0 Å². The van der Waals surface area contributed by atoms with Gasteiger partial charge in [-0.25, -0.2) is 4.79 Å². The van der Waals surface area contributed by atoms with Crippen molar-refractivity contribution in [3.8, 4) is 17.2 Å². The number of hydrogen-bond donors (Lipinski definition) is 2. The highest BCUT2D eigenvalue weighted by molar-refractivity contribution is 5.69. The Hall–Kier alpha value is -1.91. The van der Waals surface area contributed by atoms with Gasteiger partial charge in [0, 0.05) is 0 Å². The van der Waals surface area contributed by atoms with Crippen LogP contribution in [0.5, 0.6) is 17.2 Å². The highest BCUT2D eigenvalue weighted by Gasteiger charge is 2.21.